The third-order valence-corrected chi connectivity index (χ3v) is 3.80. The summed E-state index contributed by atoms with van der Waals surface area (Å²) in [6, 6.07) is 12.3. The molecule has 0 bridgehead atoms. The van der Waals surface area contributed by atoms with E-state index in [-0.39, 0.29) is 37.3 Å². The van der Waals surface area contributed by atoms with E-state index < -0.39 is 6.36 Å². The van der Waals surface area contributed by atoms with E-state index >= 15 is 0 Å². The Morgan fingerprint density at radius 3 is 2.15 bits per heavy atom. The summed E-state index contributed by atoms with van der Waals surface area (Å²) in [4.78, 5) is 23.1. The Balaban J connectivity index is 0.000000383. The van der Waals surface area contributed by atoms with Crippen LogP contribution in [0, 0.1) is 6.92 Å². The Morgan fingerprint density at radius 2 is 1.61 bits per heavy atom. The Morgan fingerprint density at radius 1 is 1.00 bits per heavy atom. The normalized spacial score (nSPS) is 10.7. The van der Waals surface area contributed by atoms with Gasteiger partial charge in [-0.2, -0.15) is 0 Å². The van der Waals surface area contributed by atoms with E-state index in [1.165, 1.54) is 12.1 Å². The lowest BCUT2D eigenvalue weighted by Gasteiger charge is -2.08. The molecule has 2 amide bonds. The number of nitrogens with one attached hydrogen (secondary N) is 2. The minimum absolute atomic E-state index is 0.127. The Labute approximate surface area is 190 Å². The number of aryl methyl sites for hydroxylation is 1. The topological polar surface area (TPSA) is 96.9 Å². The van der Waals surface area contributed by atoms with Crippen molar-refractivity contribution in [3.05, 3.63) is 71.8 Å². The van der Waals surface area contributed by atoms with E-state index in [1.54, 1.807) is 43.3 Å². The third-order valence-electron chi connectivity index (χ3n) is 3.80. The SMILES string of the molecule is C/C=C/COc1ccc(C(=O)NCC(=O)NCCO)cc1.Cc1ccc(OC(F)(F)F)cc1. The number of carbonyl (C=O) groups is 2. The molecule has 2 aromatic rings. The number of benzene rings is 2. The van der Waals surface area contributed by atoms with Crippen LogP contribution < -0.4 is 20.1 Å². The zero-order valence-corrected chi connectivity index (χ0v) is 18.3. The zero-order valence-electron chi connectivity index (χ0n) is 18.3. The molecule has 2 aromatic carbocycles. The van der Waals surface area contributed by atoms with Gasteiger partial charge >= 0.3 is 6.36 Å². The average molecular weight is 468 g/mol. The second-order valence-electron chi connectivity index (χ2n) is 6.52. The van der Waals surface area contributed by atoms with Gasteiger partial charge in [-0.15, -0.1) is 13.2 Å². The Kier molecular flexibility index (Phi) is 12.1. The van der Waals surface area contributed by atoms with E-state index in [0.717, 1.165) is 5.56 Å². The lowest BCUT2D eigenvalue weighted by Crippen LogP contribution is -2.37. The van der Waals surface area contributed by atoms with E-state index in [0.29, 0.717) is 17.9 Å². The predicted molar refractivity (Wildman–Crippen MR) is 117 cm³/mol. The molecular weight excluding hydrogens is 441 g/mol. The molecule has 0 saturated heterocycles. The van der Waals surface area contributed by atoms with Crippen molar-refractivity contribution in [1.82, 2.24) is 10.6 Å². The van der Waals surface area contributed by atoms with Crippen molar-refractivity contribution in [1.29, 1.82) is 0 Å². The van der Waals surface area contributed by atoms with Gasteiger partial charge in [-0.25, -0.2) is 0 Å². The number of amides is 2. The van der Waals surface area contributed by atoms with Gasteiger partial charge in [-0.05, 0) is 50.2 Å². The number of hydrogen-bond acceptors (Lipinski definition) is 5. The Hall–Kier alpha value is -3.53. The number of allylic oxidation sites excluding steroid dienone is 1. The first-order valence-electron chi connectivity index (χ1n) is 9.96. The molecule has 7 nitrogen and oxygen atoms in total. The minimum atomic E-state index is -4.60. The first-order valence-corrected chi connectivity index (χ1v) is 9.96. The van der Waals surface area contributed by atoms with Crippen LogP contribution in [-0.4, -0.2) is 49.6 Å². The van der Waals surface area contributed by atoms with Gasteiger partial charge in [0.1, 0.15) is 18.1 Å². The molecule has 0 aromatic heterocycles. The molecule has 0 radical (unpaired) electrons. The fourth-order valence-corrected chi connectivity index (χ4v) is 2.20. The summed E-state index contributed by atoms with van der Waals surface area (Å²) in [6.45, 7) is 4.09. The van der Waals surface area contributed by atoms with Crippen molar-refractivity contribution in [2.45, 2.75) is 20.2 Å². The number of alkyl halides is 3. The molecule has 0 unspecified atom stereocenters. The molecule has 0 aliphatic carbocycles. The van der Waals surface area contributed by atoms with Crippen molar-refractivity contribution in [3.63, 3.8) is 0 Å². The quantitative estimate of drug-likeness (QED) is 0.491. The molecule has 10 heteroatoms. The summed E-state index contributed by atoms with van der Waals surface area (Å²) in [6.07, 6.45) is -0.829. The number of aliphatic hydroxyl groups is 1. The molecular formula is C23H27F3N2O5. The lowest BCUT2D eigenvalue weighted by atomic mass is 10.2. The first kappa shape index (κ1) is 27.5. The van der Waals surface area contributed by atoms with E-state index in [2.05, 4.69) is 15.4 Å². The standard InChI is InChI=1S/C15H20N2O4.C8H7F3O/c1-2-3-10-21-13-6-4-12(5-7-13)15(20)17-11-14(19)16-8-9-18;1-6-2-4-7(5-3-6)12-8(9,10)11/h2-7,18H,8-11H2,1H3,(H,16,19)(H,17,20);2-5H,1H3/b3-2+;. The third kappa shape index (κ3) is 12.8. The molecule has 0 atom stereocenters. The smallest absolute Gasteiger partial charge is 0.490 e. The van der Waals surface area contributed by atoms with Crippen LogP contribution in [0.1, 0.15) is 22.8 Å². The van der Waals surface area contributed by atoms with Crippen LogP contribution in [0.5, 0.6) is 11.5 Å². The van der Waals surface area contributed by atoms with Crippen molar-refractivity contribution in [2.75, 3.05) is 26.3 Å². The summed E-state index contributed by atoms with van der Waals surface area (Å²) in [7, 11) is 0. The maximum Gasteiger partial charge on any atom is 0.573 e. The van der Waals surface area contributed by atoms with Crippen molar-refractivity contribution < 1.29 is 37.3 Å². The number of rotatable bonds is 9. The highest BCUT2D eigenvalue weighted by Gasteiger charge is 2.30. The molecule has 0 fully saturated rings. The van der Waals surface area contributed by atoms with Crippen molar-refractivity contribution in [3.8, 4) is 11.5 Å². The van der Waals surface area contributed by atoms with Crippen LogP contribution in [0.4, 0.5) is 13.2 Å². The summed E-state index contributed by atoms with van der Waals surface area (Å²) < 4.78 is 43.9. The van der Waals surface area contributed by atoms with Crippen molar-refractivity contribution >= 4 is 11.8 Å². The van der Waals surface area contributed by atoms with Crippen LogP contribution in [0.3, 0.4) is 0 Å². The summed E-state index contributed by atoms with van der Waals surface area (Å²) in [5.41, 5.74) is 1.34. The van der Waals surface area contributed by atoms with Gasteiger partial charge in [0.15, 0.2) is 0 Å². The van der Waals surface area contributed by atoms with Gasteiger partial charge in [-0.3, -0.25) is 9.59 Å². The van der Waals surface area contributed by atoms with Gasteiger partial charge in [0, 0.05) is 12.1 Å². The molecule has 0 heterocycles. The minimum Gasteiger partial charge on any atom is -0.490 e. The van der Waals surface area contributed by atoms with Crippen LogP contribution in [-0.2, 0) is 4.79 Å². The van der Waals surface area contributed by atoms with E-state index in [9.17, 15) is 22.8 Å². The molecule has 3 N–H and O–H groups in total. The number of hydrogen-bond donors (Lipinski definition) is 3. The van der Waals surface area contributed by atoms with Gasteiger partial charge in [0.25, 0.3) is 5.91 Å². The van der Waals surface area contributed by atoms with Crippen LogP contribution in [0.2, 0.25) is 0 Å². The number of halogens is 3. The maximum absolute atomic E-state index is 11.8. The second-order valence-corrected chi connectivity index (χ2v) is 6.52. The fraction of sp³-hybridized carbons (Fsp3) is 0.304. The molecule has 33 heavy (non-hydrogen) atoms. The molecule has 0 saturated carbocycles. The second kappa shape index (κ2) is 14.5. The molecule has 0 aliphatic heterocycles. The zero-order chi connectivity index (χ0) is 24.7. The van der Waals surface area contributed by atoms with E-state index in [4.69, 9.17) is 9.84 Å². The monoisotopic (exact) mass is 468 g/mol. The molecule has 180 valence electrons. The number of ether oxygens (including phenoxy) is 2. The van der Waals surface area contributed by atoms with Gasteiger partial charge in [0.2, 0.25) is 5.91 Å². The number of aliphatic hydroxyl groups excluding tert-OH is 1. The van der Waals surface area contributed by atoms with E-state index in [1.807, 2.05) is 19.1 Å². The van der Waals surface area contributed by atoms with Crippen LogP contribution in [0.15, 0.2) is 60.7 Å². The summed E-state index contributed by atoms with van der Waals surface area (Å²) in [5, 5.41) is 13.5. The van der Waals surface area contributed by atoms with Crippen molar-refractivity contribution in [2.24, 2.45) is 0 Å². The molecule has 0 spiro atoms. The summed E-state index contributed by atoms with van der Waals surface area (Å²) in [5.74, 6) is -0.198. The van der Waals surface area contributed by atoms with Gasteiger partial charge < -0.3 is 25.2 Å². The average Bonchev–Trinajstić information content (AvgIpc) is 2.78. The van der Waals surface area contributed by atoms with Crippen LogP contribution >= 0.6 is 0 Å². The molecule has 0 aliphatic rings. The highest BCUT2D eigenvalue weighted by molar-refractivity contribution is 5.96. The van der Waals surface area contributed by atoms with Gasteiger partial charge in [0.05, 0.1) is 13.2 Å². The highest BCUT2D eigenvalue weighted by Crippen LogP contribution is 2.22. The highest BCUT2D eigenvalue weighted by atomic mass is 19.4. The van der Waals surface area contributed by atoms with Gasteiger partial charge in [-0.1, -0.05) is 29.8 Å². The number of carbonyl (C=O) groups excluding carboxylic acids is 2. The maximum atomic E-state index is 11.8. The lowest BCUT2D eigenvalue weighted by molar-refractivity contribution is -0.274. The van der Waals surface area contributed by atoms with Crippen LogP contribution in [0.25, 0.3) is 0 Å². The first-order chi connectivity index (χ1) is 15.6. The predicted octanol–water partition coefficient (Wildman–Crippen LogP) is 3.37. The summed E-state index contributed by atoms with van der Waals surface area (Å²) >= 11 is 0. The fourth-order valence-electron chi connectivity index (χ4n) is 2.20. The Bertz CT molecular complexity index is 882. The molecule has 2 rings (SSSR count). The largest absolute Gasteiger partial charge is 0.573 e.